The highest BCUT2D eigenvalue weighted by Gasteiger charge is 2.40. The maximum atomic E-state index is 13.7. The van der Waals surface area contributed by atoms with Gasteiger partial charge in [0.15, 0.2) is 0 Å². The summed E-state index contributed by atoms with van der Waals surface area (Å²) in [6.07, 6.45) is 8.00. The van der Waals surface area contributed by atoms with Crippen molar-refractivity contribution in [3.8, 4) is 0 Å². The van der Waals surface area contributed by atoms with Crippen LogP contribution in [0.3, 0.4) is 0 Å². The fourth-order valence-corrected chi connectivity index (χ4v) is 8.19. The highest BCUT2D eigenvalue weighted by molar-refractivity contribution is 7.89. The number of aryl methyl sites for hydroxylation is 4. The number of sulfonamides is 1. The molecule has 0 saturated carbocycles. The molecule has 3 N–H and O–H groups in total. The predicted octanol–water partition coefficient (Wildman–Crippen LogP) is 4.15. The summed E-state index contributed by atoms with van der Waals surface area (Å²) < 4.78 is 28.6. The number of piperazine rings is 1. The van der Waals surface area contributed by atoms with Crippen LogP contribution in [0.25, 0.3) is 0 Å². The maximum Gasteiger partial charge on any atom is 0.244 e. The average Bonchev–Trinajstić information content (AvgIpc) is 3.00. The summed E-state index contributed by atoms with van der Waals surface area (Å²) in [4.78, 5) is 30.4. The topological polar surface area (TPSA) is 121 Å². The van der Waals surface area contributed by atoms with Crippen LogP contribution in [0, 0.1) is 13.8 Å². The molecule has 0 radical (unpaired) electrons. The normalized spacial score (nSPS) is 18.8. The second-order valence-corrected chi connectivity index (χ2v) is 13.9. The molecule has 0 bridgehead atoms. The largest absolute Gasteiger partial charge is 0.353 e. The van der Waals surface area contributed by atoms with Gasteiger partial charge in [-0.25, -0.2) is 8.42 Å². The molecule has 1 aromatic heterocycles. The molecular weight excluding hydrogens is 598 g/mol. The smallest absolute Gasteiger partial charge is 0.244 e. The number of fused-ring (bicyclic) bond motifs is 1. The van der Waals surface area contributed by atoms with Crippen molar-refractivity contribution in [2.45, 2.75) is 75.9 Å². The number of amides is 2. The third-order valence-corrected chi connectivity index (χ3v) is 10.9. The molecule has 2 aliphatic rings. The Bertz CT molecular complexity index is 1620. The van der Waals surface area contributed by atoms with Crippen LogP contribution in [-0.4, -0.2) is 55.2 Å². The molecule has 1 saturated heterocycles. The number of carbonyl (C=O) groups excluding carboxylic acids is 2. The Morgan fingerprint density at radius 3 is 2.68 bits per heavy atom. The number of nitrogens with zero attached hydrogens (tertiary/aromatic N) is 2. The molecule has 0 spiro atoms. The molecule has 3 aromatic rings. The summed E-state index contributed by atoms with van der Waals surface area (Å²) in [5.74, 6) is -0.819. The number of rotatable bonds is 11. The van der Waals surface area contributed by atoms with Crippen molar-refractivity contribution in [1.29, 1.82) is 0 Å². The van der Waals surface area contributed by atoms with Crippen LogP contribution >= 0.6 is 11.6 Å². The number of carbonyl (C=O) groups is 2. The van der Waals surface area contributed by atoms with Gasteiger partial charge in [0.2, 0.25) is 21.8 Å². The van der Waals surface area contributed by atoms with Crippen molar-refractivity contribution in [3.63, 3.8) is 0 Å². The first-order valence-electron chi connectivity index (χ1n) is 15.2. The van der Waals surface area contributed by atoms with Gasteiger partial charge in [0.25, 0.3) is 0 Å². The first kappa shape index (κ1) is 32.1. The zero-order valence-corrected chi connectivity index (χ0v) is 26.8. The third-order valence-electron chi connectivity index (χ3n) is 8.46. The van der Waals surface area contributed by atoms with E-state index in [4.69, 9.17) is 11.6 Å². The molecule has 2 amide bonds. The van der Waals surface area contributed by atoms with Crippen LogP contribution in [0.15, 0.2) is 59.8 Å². The van der Waals surface area contributed by atoms with Crippen LogP contribution in [0.4, 0.5) is 0 Å². The molecule has 44 heavy (non-hydrogen) atoms. The van der Waals surface area contributed by atoms with Gasteiger partial charge in [0, 0.05) is 37.1 Å². The number of nitrogens with one attached hydrogen (secondary N) is 3. The van der Waals surface area contributed by atoms with Crippen molar-refractivity contribution in [2.75, 3.05) is 19.6 Å². The Morgan fingerprint density at radius 1 is 1.09 bits per heavy atom. The molecule has 1 aliphatic carbocycles. The van der Waals surface area contributed by atoms with Crippen LogP contribution in [-0.2, 0) is 39.0 Å². The van der Waals surface area contributed by atoms with Gasteiger partial charge in [-0.15, -0.1) is 0 Å². The zero-order chi connectivity index (χ0) is 31.3. The Morgan fingerprint density at radius 2 is 1.89 bits per heavy atom. The molecule has 0 unspecified atom stereocenters. The number of aromatic nitrogens is 1. The lowest BCUT2D eigenvalue weighted by Gasteiger charge is -2.34. The van der Waals surface area contributed by atoms with Crippen LogP contribution in [0.2, 0.25) is 5.02 Å². The summed E-state index contributed by atoms with van der Waals surface area (Å²) in [7, 11) is -4.05. The minimum absolute atomic E-state index is 0.0848. The summed E-state index contributed by atoms with van der Waals surface area (Å²) in [5.41, 5.74) is 5.93. The Labute approximate surface area is 264 Å². The van der Waals surface area contributed by atoms with E-state index < -0.39 is 22.0 Å². The lowest BCUT2D eigenvalue weighted by atomic mass is 9.86. The van der Waals surface area contributed by atoms with Crippen molar-refractivity contribution in [2.24, 2.45) is 0 Å². The van der Waals surface area contributed by atoms with Crippen molar-refractivity contribution in [1.82, 2.24) is 25.2 Å². The van der Waals surface area contributed by atoms with Crippen LogP contribution in [0.5, 0.6) is 0 Å². The highest BCUT2D eigenvalue weighted by atomic mass is 35.5. The first-order valence-corrected chi connectivity index (χ1v) is 17.0. The Balaban J connectivity index is 1.21. The average molecular weight is 638 g/mol. The second kappa shape index (κ2) is 14.2. The Kier molecular flexibility index (Phi) is 10.4. The van der Waals surface area contributed by atoms with E-state index in [1.54, 1.807) is 32.3 Å². The van der Waals surface area contributed by atoms with Crippen molar-refractivity contribution < 1.29 is 18.0 Å². The van der Waals surface area contributed by atoms with E-state index in [-0.39, 0.29) is 36.4 Å². The van der Waals surface area contributed by atoms with Gasteiger partial charge >= 0.3 is 0 Å². The highest BCUT2D eigenvalue weighted by Crippen LogP contribution is 2.32. The van der Waals surface area contributed by atoms with Gasteiger partial charge in [-0.2, -0.15) is 4.31 Å². The molecule has 9 nitrogen and oxygen atoms in total. The SMILES string of the molecule is Cc1cc(S(=O)(=O)N2CCNC(=O)[C@H]2CC(=O)N[C@@H]2CCCc3cc(CCCNCc4ccncc4)ccc32)c(C)cc1Cl. The molecule has 234 valence electrons. The molecule has 1 aliphatic heterocycles. The summed E-state index contributed by atoms with van der Waals surface area (Å²) in [6.45, 7) is 5.42. The van der Waals surface area contributed by atoms with E-state index in [2.05, 4.69) is 39.1 Å². The summed E-state index contributed by atoms with van der Waals surface area (Å²) >= 11 is 6.20. The maximum absolute atomic E-state index is 13.7. The molecule has 2 atom stereocenters. The molecule has 1 fully saturated rings. The monoisotopic (exact) mass is 637 g/mol. The van der Waals surface area contributed by atoms with Crippen LogP contribution in [0.1, 0.15) is 65.1 Å². The summed E-state index contributed by atoms with van der Waals surface area (Å²) in [5, 5.41) is 9.79. The molecule has 2 aromatic carbocycles. The first-order chi connectivity index (χ1) is 21.1. The van der Waals surface area contributed by atoms with E-state index >= 15 is 0 Å². The number of benzene rings is 2. The van der Waals surface area contributed by atoms with Gasteiger partial charge in [-0.05, 0) is 110 Å². The van der Waals surface area contributed by atoms with Gasteiger partial charge in [-0.3, -0.25) is 14.6 Å². The Hall–Kier alpha value is -3.31. The van der Waals surface area contributed by atoms with Gasteiger partial charge < -0.3 is 16.0 Å². The van der Waals surface area contributed by atoms with E-state index in [9.17, 15) is 18.0 Å². The van der Waals surface area contributed by atoms with Crippen molar-refractivity contribution >= 4 is 33.4 Å². The quantitative estimate of drug-likeness (QED) is 0.272. The van der Waals surface area contributed by atoms with E-state index in [1.807, 2.05) is 12.1 Å². The fraction of sp³-hybridized carbons (Fsp3) is 0.424. The lowest BCUT2D eigenvalue weighted by Crippen LogP contribution is -2.58. The van der Waals surface area contributed by atoms with E-state index in [0.29, 0.717) is 16.1 Å². The fourth-order valence-electron chi connectivity index (χ4n) is 6.09. The number of halogens is 1. The second-order valence-electron chi connectivity index (χ2n) is 11.7. The molecule has 2 heterocycles. The third kappa shape index (κ3) is 7.48. The van der Waals surface area contributed by atoms with Crippen molar-refractivity contribution in [3.05, 3.63) is 93.3 Å². The minimum Gasteiger partial charge on any atom is -0.353 e. The zero-order valence-electron chi connectivity index (χ0n) is 25.2. The van der Waals surface area contributed by atoms with E-state index in [1.165, 1.54) is 22.8 Å². The lowest BCUT2D eigenvalue weighted by molar-refractivity contribution is -0.132. The number of hydrogen-bond donors (Lipinski definition) is 3. The minimum atomic E-state index is -4.05. The molecule has 11 heteroatoms. The predicted molar refractivity (Wildman–Crippen MR) is 171 cm³/mol. The molecular formula is C33H40ClN5O4S. The molecule has 5 rings (SSSR count). The number of hydrogen-bond acceptors (Lipinski definition) is 6. The number of pyridine rings is 1. The summed E-state index contributed by atoms with van der Waals surface area (Å²) in [6, 6.07) is 12.3. The van der Waals surface area contributed by atoms with E-state index in [0.717, 1.165) is 55.1 Å². The standard InChI is InChI=1S/C33H40ClN5O4S/c1-22-18-31(23(2)17-28(22)34)44(42,43)39-16-15-37-33(41)30(39)20-32(40)38-29-7-3-6-26-19-24(8-9-27(26)29)5-4-12-36-21-25-10-13-35-14-11-25/h8-11,13-14,17-19,29-30,36H,3-7,12,15-16,20-21H2,1-2H3,(H,37,41)(H,38,40)/t29-,30-/m1/s1. The van der Waals surface area contributed by atoms with Gasteiger partial charge in [-0.1, -0.05) is 29.8 Å². The van der Waals surface area contributed by atoms with Gasteiger partial charge in [0.1, 0.15) is 6.04 Å². The van der Waals surface area contributed by atoms with Crippen LogP contribution < -0.4 is 16.0 Å². The van der Waals surface area contributed by atoms with Gasteiger partial charge in [0.05, 0.1) is 17.4 Å².